The van der Waals surface area contributed by atoms with E-state index in [4.69, 9.17) is 15.3 Å². The second-order valence-electron chi connectivity index (χ2n) is 6.09. The number of benzene rings is 1. The minimum Gasteiger partial charge on any atom is -0.744 e. The Kier molecular flexibility index (Phi) is 10.8. The van der Waals surface area contributed by atoms with Crippen LogP contribution >= 0.6 is 0 Å². The molecule has 1 rings (SSSR count). The predicted molar refractivity (Wildman–Crippen MR) is 93.1 cm³/mol. The molecule has 0 heterocycles. The van der Waals surface area contributed by atoms with Gasteiger partial charge in [-0.05, 0) is 19.8 Å². The first-order valence-electron chi connectivity index (χ1n) is 8.23. The van der Waals surface area contributed by atoms with Gasteiger partial charge in [0.15, 0.2) is 11.5 Å². The van der Waals surface area contributed by atoms with Crippen molar-refractivity contribution < 1.29 is 61.1 Å². The van der Waals surface area contributed by atoms with Gasteiger partial charge in [0.05, 0.1) is 15.9 Å². The van der Waals surface area contributed by atoms with E-state index in [2.05, 4.69) is 0 Å². The summed E-state index contributed by atoms with van der Waals surface area (Å²) in [6, 6.07) is 0.394. The number of carbonyl (C=O) groups excluding carboxylic acids is 2. The summed E-state index contributed by atoms with van der Waals surface area (Å²) in [5.74, 6) is -4.44. The van der Waals surface area contributed by atoms with Gasteiger partial charge in [-0.3, -0.25) is 0 Å². The number of carboxylic acid groups (broad SMARTS) is 2. The van der Waals surface area contributed by atoms with Gasteiger partial charge >= 0.3 is 0 Å². The third kappa shape index (κ3) is 11.5. The van der Waals surface area contributed by atoms with Crippen molar-refractivity contribution in [3.63, 3.8) is 0 Å². The molecule has 1 aromatic rings. The van der Waals surface area contributed by atoms with E-state index in [1.54, 1.807) is 11.8 Å². The number of aliphatic hydroxyl groups is 1. The number of nitrogens with zero attached hydrogens (tertiary/aromatic N) is 1. The van der Waals surface area contributed by atoms with E-state index < -0.39 is 59.6 Å². The number of rotatable bonds is 10. The second kappa shape index (κ2) is 11.8. The minimum absolute atomic E-state index is 0.167. The van der Waals surface area contributed by atoms with Crippen molar-refractivity contribution in [2.75, 3.05) is 19.6 Å². The molecule has 14 nitrogen and oxygen atoms in total. The maximum atomic E-state index is 10.6. The molecule has 0 saturated heterocycles. The Morgan fingerprint density at radius 2 is 1.23 bits per heavy atom. The van der Waals surface area contributed by atoms with Gasteiger partial charge in [-0.15, -0.1) is 0 Å². The first kappa shape index (κ1) is 28.5. The second-order valence-corrected chi connectivity index (χ2v) is 8.79. The molecule has 16 heteroatoms. The highest BCUT2D eigenvalue weighted by molar-refractivity contribution is 7.89. The van der Waals surface area contributed by atoms with E-state index in [9.17, 15) is 45.7 Å². The molecule has 0 bridgehead atoms. The lowest BCUT2D eigenvalue weighted by atomic mass is 10.3. The highest BCUT2D eigenvalue weighted by Gasteiger charge is 2.18. The highest BCUT2D eigenvalue weighted by atomic mass is 32.2. The molecule has 0 radical (unpaired) electrons. The zero-order valence-electron chi connectivity index (χ0n) is 16.0. The Bertz CT molecular complexity index is 911. The number of hydrogen-bond acceptors (Lipinski definition) is 14. The van der Waals surface area contributed by atoms with Gasteiger partial charge in [-0.2, -0.15) is 0 Å². The summed E-state index contributed by atoms with van der Waals surface area (Å²) < 4.78 is 63.7. The fraction of sp³-hybridized carbons (Fsp3) is 0.467. The molecule has 0 amide bonds. The molecular formula is C15H19NO13S2-4. The molecule has 3 N–H and O–H groups in total. The average Bonchev–Trinajstić information content (AvgIpc) is 2.57. The molecule has 31 heavy (non-hydrogen) atoms. The van der Waals surface area contributed by atoms with E-state index in [1.165, 1.54) is 0 Å². The lowest BCUT2D eigenvalue weighted by Crippen LogP contribution is -2.38. The molecule has 0 aliphatic heterocycles. The molecule has 1 unspecified atom stereocenters. The zero-order chi connectivity index (χ0) is 24.6. The van der Waals surface area contributed by atoms with E-state index in [-0.39, 0.29) is 44.6 Å². The van der Waals surface area contributed by atoms with Crippen molar-refractivity contribution in [3.05, 3.63) is 12.1 Å². The third-order valence-electron chi connectivity index (χ3n) is 3.37. The Balaban J connectivity index is 0.000000582. The van der Waals surface area contributed by atoms with E-state index in [0.717, 1.165) is 0 Å². The summed E-state index contributed by atoms with van der Waals surface area (Å²) in [4.78, 5) is 19.1. The van der Waals surface area contributed by atoms with Crippen LogP contribution in [0.5, 0.6) is 11.5 Å². The summed E-state index contributed by atoms with van der Waals surface area (Å²) in [6.45, 7) is 2.12. The molecule has 0 aliphatic rings. The Labute approximate surface area is 177 Å². The number of phenolic OH excluding ortho intramolecular Hbond substituents is 2. The zero-order valence-corrected chi connectivity index (χ0v) is 17.6. The SMILES string of the molecule is CC(O)CN(CCC(=O)[O-])CCC(=O)[O-].O=S(=O)([O-])c1cc(O)c(O)cc1S(=O)(=O)[O-]. The standard InChI is InChI=1S/C9H17NO5.C6H6O8S2/c1-7(11)6-10(4-2-8(12)13)5-3-9(14)15;7-3-1-5(15(9,10)11)6(2-4(3)8)16(12,13)14/h7,11H,2-6H2,1H3,(H,12,13)(H,14,15);1-2,7-8H,(H,9,10,11)(H,12,13,14)/p-4. The molecule has 0 fully saturated rings. The van der Waals surface area contributed by atoms with Crippen LogP contribution in [0.25, 0.3) is 0 Å². The Hall–Kier alpha value is -2.50. The van der Waals surface area contributed by atoms with E-state index in [1.807, 2.05) is 0 Å². The highest BCUT2D eigenvalue weighted by Crippen LogP contribution is 2.32. The van der Waals surface area contributed by atoms with Crippen LogP contribution in [0, 0.1) is 0 Å². The van der Waals surface area contributed by atoms with Crippen molar-refractivity contribution in [1.82, 2.24) is 4.90 Å². The van der Waals surface area contributed by atoms with Gasteiger partial charge in [0.2, 0.25) is 0 Å². The molecule has 178 valence electrons. The van der Waals surface area contributed by atoms with Crippen LogP contribution in [-0.2, 0) is 29.8 Å². The lowest BCUT2D eigenvalue weighted by molar-refractivity contribution is -0.306. The summed E-state index contributed by atoms with van der Waals surface area (Å²) in [7, 11) is -10.5. The van der Waals surface area contributed by atoms with E-state index >= 15 is 0 Å². The van der Waals surface area contributed by atoms with Crippen molar-refractivity contribution in [2.45, 2.75) is 35.7 Å². The summed E-state index contributed by atoms with van der Waals surface area (Å²) in [6.07, 6.45) is -0.993. The van der Waals surface area contributed by atoms with Crippen LogP contribution in [0.3, 0.4) is 0 Å². The van der Waals surface area contributed by atoms with Crippen LogP contribution < -0.4 is 10.2 Å². The number of carbonyl (C=O) groups is 2. The first-order chi connectivity index (χ1) is 13.9. The van der Waals surface area contributed by atoms with Crippen molar-refractivity contribution in [1.29, 1.82) is 0 Å². The van der Waals surface area contributed by atoms with Crippen LogP contribution in [0.1, 0.15) is 19.8 Å². The van der Waals surface area contributed by atoms with Gasteiger partial charge in [-0.25, -0.2) is 16.8 Å². The number of aliphatic carboxylic acids is 2. The number of carboxylic acids is 2. The van der Waals surface area contributed by atoms with Gasteiger partial charge in [0, 0.05) is 43.7 Å². The number of aromatic hydroxyl groups is 2. The number of phenols is 2. The largest absolute Gasteiger partial charge is 0.744 e. The normalized spacial score (nSPS) is 12.7. The molecule has 1 aromatic carbocycles. The predicted octanol–water partition coefficient (Wildman–Crippen LogP) is -4.14. The topological polar surface area (TPSA) is 259 Å². The quantitative estimate of drug-likeness (QED) is 0.210. The molecule has 0 spiro atoms. The van der Waals surface area contributed by atoms with Gasteiger partial charge < -0.3 is 49.1 Å². The maximum Gasteiger partial charge on any atom is 0.158 e. The van der Waals surface area contributed by atoms with Crippen LogP contribution in [0.15, 0.2) is 21.9 Å². The summed E-state index contributed by atoms with van der Waals surface area (Å²) >= 11 is 0. The van der Waals surface area contributed by atoms with Gasteiger partial charge in [0.1, 0.15) is 20.2 Å². The lowest BCUT2D eigenvalue weighted by Gasteiger charge is -2.23. The summed E-state index contributed by atoms with van der Waals surface area (Å²) in [5.41, 5.74) is 0. The Morgan fingerprint density at radius 1 is 0.903 bits per heavy atom. The molecular weight excluding hydrogens is 466 g/mol. The minimum atomic E-state index is -5.26. The fourth-order valence-corrected chi connectivity index (χ4v) is 3.83. The molecule has 1 atom stereocenters. The van der Waals surface area contributed by atoms with Crippen LogP contribution in [-0.4, -0.2) is 83.8 Å². The fourth-order valence-electron chi connectivity index (χ4n) is 2.10. The Morgan fingerprint density at radius 3 is 1.45 bits per heavy atom. The van der Waals surface area contributed by atoms with Gasteiger partial charge in [0.25, 0.3) is 0 Å². The average molecular weight is 485 g/mol. The van der Waals surface area contributed by atoms with Crippen molar-refractivity contribution in [3.8, 4) is 11.5 Å². The molecule has 0 saturated carbocycles. The number of hydrogen-bond donors (Lipinski definition) is 3. The van der Waals surface area contributed by atoms with E-state index in [0.29, 0.717) is 0 Å². The third-order valence-corrected chi connectivity index (χ3v) is 5.25. The number of aliphatic hydroxyl groups excluding tert-OH is 1. The molecule has 0 aliphatic carbocycles. The maximum absolute atomic E-state index is 10.6. The molecule has 0 aromatic heterocycles. The van der Waals surface area contributed by atoms with Crippen molar-refractivity contribution >= 4 is 32.2 Å². The smallest absolute Gasteiger partial charge is 0.158 e. The monoisotopic (exact) mass is 485 g/mol. The first-order valence-corrected chi connectivity index (χ1v) is 11.0. The van der Waals surface area contributed by atoms with Crippen molar-refractivity contribution in [2.24, 2.45) is 0 Å². The van der Waals surface area contributed by atoms with Gasteiger partial charge in [-0.1, -0.05) is 0 Å². The van der Waals surface area contributed by atoms with Crippen LogP contribution in [0.2, 0.25) is 0 Å². The summed E-state index contributed by atoms with van der Waals surface area (Å²) in [5, 5.41) is 47.3. The van der Waals surface area contributed by atoms with Crippen LogP contribution in [0.4, 0.5) is 0 Å².